The Bertz CT molecular complexity index is 748. The Morgan fingerprint density at radius 1 is 1.18 bits per heavy atom. The van der Waals surface area contributed by atoms with Crippen LogP contribution >= 0.6 is 22.6 Å². The lowest BCUT2D eigenvalue weighted by Gasteiger charge is -2.10. The van der Waals surface area contributed by atoms with E-state index in [-0.39, 0.29) is 5.82 Å². The summed E-state index contributed by atoms with van der Waals surface area (Å²) in [6.07, 6.45) is 1.73. The first-order chi connectivity index (χ1) is 10.6. The molecule has 0 radical (unpaired) electrons. The molecule has 0 saturated carbocycles. The van der Waals surface area contributed by atoms with Crippen molar-refractivity contribution in [3.05, 3.63) is 56.9 Å². The van der Waals surface area contributed by atoms with Gasteiger partial charge in [-0.15, -0.1) is 0 Å². The van der Waals surface area contributed by atoms with Crippen molar-refractivity contribution >= 4 is 34.2 Å². The van der Waals surface area contributed by atoms with E-state index in [1.54, 1.807) is 38.5 Å². The SMILES string of the molecule is COc1cc(/C=C(\C#N)c2ccc(F)cc2)cc(I)c1OC. The van der Waals surface area contributed by atoms with Gasteiger partial charge in [0.25, 0.3) is 0 Å². The van der Waals surface area contributed by atoms with E-state index in [1.807, 2.05) is 6.07 Å². The highest BCUT2D eigenvalue weighted by atomic mass is 127. The van der Waals surface area contributed by atoms with Crippen molar-refractivity contribution in [1.82, 2.24) is 0 Å². The molecule has 0 aliphatic rings. The molecule has 112 valence electrons. The Morgan fingerprint density at radius 2 is 1.86 bits per heavy atom. The number of rotatable bonds is 4. The molecule has 22 heavy (non-hydrogen) atoms. The summed E-state index contributed by atoms with van der Waals surface area (Å²) in [5.41, 5.74) is 1.92. The highest BCUT2D eigenvalue weighted by Crippen LogP contribution is 2.34. The van der Waals surface area contributed by atoms with Crippen LogP contribution < -0.4 is 9.47 Å². The number of hydrogen-bond donors (Lipinski definition) is 0. The molecule has 0 fully saturated rings. The van der Waals surface area contributed by atoms with Crippen molar-refractivity contribution in [3.8, 4) is 17.6 Å². The predicted octanol–water partition coefficient (Wildman–Crippen LogP) is 4.51. The van der Waals surface area contributed by atoms with E-state index in [0.29, 0.717) is 22.6 Å². The van der Waals surface area contributed by atoms with Gasteiger partial charge in [-0.25, -0.2) is 4.39 Å². The average molecular weight is 409 g/mol. The summed E-state index contributed by atoms with van der Waals surface area (Å²) in [4.78, 5) is 0. The molecule has 2 aromatic carbocycles. The van der Waals surface area contributed by atoms with Gasteiger partial charge in [-0.2, -0.15) is 5.26 Å². The fourth-order valence-electron chi connectivity index (χ4n) is 2.00. The Balaban J connectivity index is 2.48. The highest BCUT2D eigenvalue weighted by Gasteiger charge is 2.10. The molecule has 0 aliphatic carbocycles. The largest absolute Gasteiger partial charge is 0.493 e. The lowest BCUT2D eigenvalue weighted by Crippen LogP contribution is -1.94. The van der Waals surface area contributed by atoms with Gasteiger partial charge < -0.3 is 9.47 Å². The van der Waals surface area contributed by atoms with Crippen LogP contribution in [0.3, 0.4) is 0 Å². The zero-order chi connectivity index (χ0) is 16.1. The zero-order valence-corrected chi connectivity index (χ0v) is 14.2. The van der Waals surface area contributed by atoms with Crippen LogP contribution in [-0.2, 0) is 0 Å². The molecule has 5 heteroatoms. The first-order valence-corrected chi connectivity index (χ1v) is 7.46. The number of nitriles is 1. The van der Waals surface area contributed by atoms with Gasteiger partial charge in [0.15, 0.2) is 11.5 Å². The van der Waals surface area contributed by atoms with E-state index in [0.717, 1.165) is 9.13 Å². The number of allylic oxidation sites excluding steroid dienone is 1. The first-order valence-electron chi connectivity index (χ1n) is 6.38. The Morgan fingerprint density at radius 3 is 2.41 bits per heavy atom. The molecule has 0 unspecified atom stereocenters. The van der Waals surface area contributed by atoms with Crippen molar-refractivity contribution in [2.24, 2.45) is 0 Å². The summed E-state index contributed by atoms with van der Waals surface area (Å²) in [7, 11) is 3.14. The maximum absolute atomic E-state index is 13.0. The number of benzene rings is 2. The zero-order valence-electron chi connectivity index (χ0n) is 12.1. The lowest BCUT2D eigenvalue weighted by atomic mass is 10.0. The van der Waals surface area contributed by atoms with E-state index >= 15 is 0 Å². The number of nitrogens with zero attached hydrogens (tertiary/aromatic N) is 1. The molecule has 0 bridgehead atoms. The second-order valence-corrected chi connectivity index (χ2v) is 5.58. The fourth-order valence-corrected chi connectivity index (χ4v) is 2.84. The van der Waals surface area contributed by atoms with Crippen molar-refractivity contribution in [2.45, 2.75) is 0 Å². The van der Waals surface area contributed by atoms with Gasteiger partial charge in [-0.3, -0.25) is 0 Å². The molecular weight excluding hydrogens is 396 g/mol. The summed E-state index contributed by atoms with van der Waals surface area (Å²) in [5.74, 6) is 0.916. The van der Waals surface area contributed by atoms with Crippen LogP contribution in [-0.4, -0.2) is 14.2 Å². The van der Waals surface area contributed by atoms with Crippen LogP contribution in [0.4, 0.5) is 4.39 Å². The molecule has 0 aliphatic heterocycles. The summed E-state index contributed by atoms with van der Waals surface area (Å²) in [5, 5.41) is 9.34. The molecule has 0 N–H and O–H groups in total. The summed E-state index contributed by atoms with van der Waals surface area (Å²) in [6.45, 7) is 0. The van der Waals surface area contributed by atoms with Gasteiger partial charge in [0.2, 0.25) is 0 Å². The van der Waals surface area contributed by atoms with Crippen molar-refractivity contribution in [2.75, 3.05) is 14.2 Å². The van der Waals surface area contributed by atoms with Gasteiger partial charge in [0.1, 0.15) is 5.82 Å². The minimum atomic E-state index is -0.332. The lowest BCUT2D eigenvalue weighted by molar-refractivity contribution is 0.353. The van der Waals surface area contributed by atoms with E-state index in [9.17, 15) is 9.65 Å². The number of methoxy groups -OCH3 is 2. The molecule has 0 amide bonds. The second-order valence-electron chi connectivity index (χ2n) is 4.41. The average Bonchev–Trinajstić information content (AvgIpc) is 2.53. The number of ether oxygens (including phenoxy) is 2. The third-order valence-electron chi connectivity index (χ3n) is 3.04. The van der Waals surface area contributed by atoms with Crippen LogP contribution in [0.1, 0.15) is 11.1 Å². The van der Waals surface area contributed by atoms with E-state index < -0.39 is 0 Å². The minimum Gasteiger partial charge on any atom is -0.493 e. The summed E-state index contributed by atoms with van der Waals surface area (Å²) >= 11 is 2.15. The Hall–Kier alpha value is -2.07. The van der Waals surface area contributed by atoms with Gasteiger partial charge in [-0.05, 0) is 64.1 Å². The molecular formula is C17H13FINO2. The normalized spacial score (nSPS) is 11.0. The quantitative estimate of drug-likeness (QED) is 0.424. The maximum atomic E-state index is 13.0. The van der Waals surface area contributed by atoms with Crippen molar-refractivity contribution < 1.29 is 13.9 Å². The molecule has 0 saturated heterocycles. The Kier molecular flexibility index (Phi) is 5.39. The summed E-state index contributed by atoms with van der Waals surface area (Å²) in [6, 6.07) is 11.6. The van der Waals surface area contributed by atoms with Gasteiger partial charge in [0, 0.05) is 0 Å². The monoisotopic (exact) mass is 409 g/mol. The molecule has 0 aromatic heterocycles. The van der Waals surface area contributed by atoms with Crippen molar-refractivity contribution in [1.29, 1.82) is 5.26 Å². The maximum Gasteiger partial charge on any atom is 0.174 e. The highest BCUT2D eigenvalue weighted by molar-refractivity contribution is 14.1. The fraction of sp³-hybridized carbons (Fsp3) is 0.118. The van der Waals surface area contributed by atoms with Crippen LogP contribution in [0.5, 0.6) is 11.5 Å². The van der Waals surface area contributed by atoms with E-state index in [1.165, 1.54) is 12.1 Å². The standard InChI is InChI=1S/C17H13FINO2/c1-21-16-9-11(8-15(19)17(16)22-2)7-13(10-20)12-3-5-14(18)6-4-12/h3-9H,1-2H3/b13-7+. The third-order valence-corrected chi connectivity index (χ3v) is 3.84. The van der Waals surface area contributed by atoms with E-state index in [4.69, 9.17) is 9.47 Å². The second kappa shape index (κ2) is 7.27. The van der Waals surface area contributed by atoms with Crippen LogP contribution in [0.2, 0.25) is 0 Å². The van der Waals surface area contributed by atoms with E-state index in [2.05, 4.69) is 28.7 Å². The number of hydrogen-bond acceptors (Lipinski definition) is 3. The molecule has 3 nitrogen and oxygen atoms in total. The first kappa shape index (κ1) is 16.3. The predicted molar refractivity (Wildman–Crippen MR) is 92.1 cm³/mol. The molecule has 2 aromatic rings. The minimum absolute atomic E-state index is 0.332. The van der Waals surface area contributed by atoms with Crippen LogP contribution in [0, 0.1) is 20.7 Å². The smallest absolute Gasteiger partial charge is 0.174 e. The Labute approximate surface area is 142 Å². The molecule has 0 spiro atoms. The molecule has 2 rings (SSSR count). The van der Waals surface area contributed by atoms with Crippen LogP contribution in [0.25, 0.3) is 11.6 Å². The topological polar surface area (TPSA) is 42.2 Å². The third kappa shape index (κ3) is 3.57. The number of halogens is 2. The molecule has 0 atom stereocenters. The van der Waals surface area contributed by atoms with Gasteiger partial charge >= 0.3 is 0 Å². The van der Waals surface area contributed by atoms with Crippen molar-refractivity contribution in [3.63, 3.8) is 0 Å². The molecule has 0 heterocycles. The van der Waals surface area contributed by atoms with Gasteiger partial charge in [-0.1, -0.05) is 12.1 Å². The van der Waals surface area contributed by atoms with Gasteiger partial charge in [0.05, 0.1) is 29.4 Å². The summed E-state index contributed by atoms with van der Waals surface area (Å²) < 4.78 is 24.5. The van der Waals surface area contributed by atoms with Crippen LogP contribution in [0.15, 0.2) is 36.4 Å².